The van der Waals surface area contributed by atoms with Crippen LogP contribution in [-0.4, -0.2) is 131 Å². The maximum Gasteiger partial charge on any atom is 0.277 e. The van der Waals surface area contributed by atoms with Crippen LogP contribution >= 0.6 is 0 Å². The Labute approximate surface area is 360 Å². The number of ether oxygens (including phenoxy) is 1. The molecule has 4 atom stereocenters. The molecule has 1 saturated heterocycles. The molecule has 2 amide bonds. The molecular weight excluding hydrogens is 824 g/mol. The fourth-order valence-corrected chi connectivity index (χ4v) is 4.52. The normalized spacial score (nSPS) is 14.3. The number of epoxide rings is 1. The highest BCUT2D eigenvalue weighted by Gasteiger charge is 2.26. The van der Waals surface area contributed by atoms with Crippen LogP contribution in [-0.2, 0) is 14.5 Å². The average molecular weight is 889 g/mol. The molecule has 5 N–H and O–H groups in total. The van der Waals surface area contributed by atoms with E-state index in [0.29, 0.717) is 6.10 Å². The van der Waals surface area contributed by atoms with Gasteiger partial charge in [-0.05, 0) is 25.7 Å². The van der Waals surface area contributed by atoms with Crippen molar-refractivity contribution in [2.75, 3.05) is 55.1 Å². The van der Waals surface area contributed by atoms with Gasteiger partial charge in [0.05, 0.1) is 89.0 Å². The number of amides is 2. The number of likely N-dealkylation sites (N-methyl/N-ethyl adjacent to an activating group) is 1. The summed E-state index contributed by atoms with van der Waals surface area (Å²) in [7, 11) is 8.09. The number of nitro groups is 4. The van der Waals surface area contributed by atoms with E-state index in [-0.39, 0.29) is 55.6 Å². The lowest BCUT2D eigenvalue weighted by atomic mass is 10.0. The maximum atomic E-state index is 12.6. The Bertz CT molecular complexity index is 1740. The lowest BCUT2D eigenvalue weighted by Gasteiger charge is -2.31. The van der Waals surface area contributed by atoms with Gasteiger partial charge in [0, 0.05) is 44.3 Å². The number of hydrogen-bond acceptors (Lipinski definition) is 18. The first-order valence-electron chi connectivity index (χ1n) is 18.1. The summed E-state index contributed by atoms with van der Waals surface area (Å²) in [5, 5.41) is 76.4. The maximum absolute atomic E-state index is 12.6. The summed E-state index contributed by atoms with van der Waals surface area (Å²) < 4.78 is 4.54. The molecule has 0 aromatic heterocycles. The number of carbonyl (C=O) groups is 2. The van der Waals surface area contributed by atoms with Crippen LogP contribution in [0.5, 0.6) is 0 Å². The standard InChI is InChI=1S/C17H25N5O7.C13H17N3O7.C3H6O.C2H8N2.2CH4/c1-10(2)15(17(25)19-22(4,5)9-11(3)23)18-16(24)12-6-13(20(26)27)8-14(7-12)21(28)29;1-8(2)12(7-23-22-3)14-13(17)9-4-10(15(18)19)6-11(5-9)16(20)21;1-3-2-4-3;1-4(2)3;;/h6-8,10-11,15,23H,9H2,1-5H3,(H-,18,19,24,25);4-6,8,12H,7H2,1-3H3,(H,14,17);3H,2H2,1H3;3H2,1-2H3;2*1H4/t11?,15-;12-;;;;/m01..../s1. The number of non-ortho nitro benzene ring substituents is 4. The number of aliphatic hydroxyl groups is 1. The first-order chi connectivity index (χ1) is 27.6. The summed E-state index contributed by atoms with van der Waals surface area (Å²) in [6, 6.07) is 3.81. The van der Waals surface area contributed by atoms with Crippen LogP contribution in [0.4, 0.5) is 22.7 Å². The summed E-state index contributed by atoms with van der Waals surface area (Å²) in [6.45, 7) is 11.8. The van der Waals surface area contributed by atoms with Gasteiger partial charge in [-0.2, -0.15) is 0 Å². The molecule has 0 aliphatic carbocycles. The minimum absolute atomic E-state index is 0. The molecule has 2 aromatic carbocycles. The van der Waals surface area contributed by atoms with E-state index in [1.165, 1.54) is 12.1 Å². The lowest BCUT2D eigenvalue weighted by molar-refractivity contribution is -0.901. The van der Waals surface area contributed by atoms with Crippen LogP contribution in [0.3, 0.4) is 0 Å². The smallest absolute Gasteiger partial charge is 0.277 e. The molecule has 0 bridgehead atoms. The van der Waals surface area contributed by atoms with Gasteiger partial charge in [-0.3, -0.25) is 60.9 Å². The van der Waals surface area contributed by atoms with Crippen molar-refractivity contribution < 1.29 is 58.6 Å². The van der Waals surface area contributed by atoms with Crippen LogP contribution in [0, 0.1) is 52.3 Å². The third kappa shape index (κ3) is 24.4. The van der Waals surface area contributed by atoms with Crippen LogP contribution in [0.25, 0.3) is 0 Å². The number of quaternary nitrogens is 1. The summed E-state index contributed by atoms with van der Waals surface area (Å²) in [5.74, 6) is 2.35. The second-order valence-electron chi connectivity index (χ2n) is 14.7. The predicted octanol–water partition coefficient (Wildman–Crippen LogP) is 3.32. The van der Waals surface area contributed by atoms with Gasteiger partial charge < -0.3 is 25.6 Å². The highest BCUT2D eigenvalue weighted by atomic mass is 17.2. The Morgan fingerprint density at radius 1 is 0.839 bits per heavy atom. The zero-order chi connectivity index (χ0) is 46.7. The SMILES string of the molecule is C.C.CC(O)C[N+](C)(C)N=C([O-])[C@@H](NC(=O)c1cc([N+](=O)[O-])cc([N+](=O)[O-])c1)C(C)C.CC1CO1.CN(C)N.COOC[C@@H](NC(=O)c1cc([N+](=O)[O-])cc([N+](=O)[O-])c1)C(C)C. The second-order valence-corrected chi connectivity index (χ2v) is 14.7. The van der Waals surface area contributed by atoms with E-state index in [1.54, 1.807) is 49.0 Å². The molecule has 25 nitrogen and oxygen atoms in total. The van der Waals surface area contributed by atoms with Crippen molar-refractivity contribution in [1.29, 1.82) is 0 Å². The largest absolute Gasteiger partial charge is 0.857 e. The van der Waals surface area contributed by atoms with Crippen molar-refractivity contribution >= 4 is 40.5 Å². The molecule has 3 rings (SSSR count). The highest BCUT2D eigenvalue weighted by molar-refractivity contribution is 5.98. The van der Waals surface area contributed by atoms with Gasteiger partial charge in [-0.15, -0.1) is 5.10 Å². The Morgan fingerprint density at radius 3 is 1.44 bits per heavy atom. The number of rotatable bonds is 17. The van der Waals surface area contributed by atoms with Crippen molar-refractivity contribution in [3.05, 3.63) is 88.0 Å². The molecule has 352 valence electrons. The molecule has 1 heterocycles. The van der Waals surface area contributed by atoms with Gasteiger partial charge in [-0.1, -0.05) is 42.5 Å². The Balaban J connectivity index is -0.000000938. The molecule has 0 radical (unpaired) electrons. The van der Waals surface area contributed by atoms with E-state index in [0.717, 1.165) is 43.0 Å². The predicted molar refractivity (Wildman–Crippen MR) is 227 cm³/mol. The topological polar surface area (TPSA) is 347 Å². The van der Waals surface area contributed by atoms with E-state index in [1.807, 2.05) is 13.8 Å². The zero-order valence-electron chi connectivity index (χ0n) is 35.4. The Kier molecular flexibility index (Phi) is 27.9. The fourth-order valence-electron chi connectivity index (χ4n) is 4.52. The van der Waals surface area contributed by atoms with E-state index >= 15 is 0 Å². The van der Waals surface area contributed by atoms with Crippen molar-refractivity contribution in [2.45, 2.75) is 80.7 Å². The summed E-state index contributed by atoms with van der Waals surface area (Å²) in [5.41, 5.74) is -2.78. The molecule has 1 fully saturated rings. The van der Waals surface area contributed by atoms with Gasteiger partial charge in [0.25, 0.3) is 34.6 Å². The van der Waals surface area contributed by atoms with Crippen LogP contribution < -0.4 is 21.6 Å². The zero-order valence-corrected chi connectivity index (χ0v) is 35.4. The molecule has 2 unspecified atom stereocenters. The third-order valence-corrected chi connectivity index (χ3v) is 7.46. The van der Waals surface area contributed by atoms with Gasteiger partial charge in [-0.25, -0.2) is 14.4 Å². The minimum atomic E-state index is -1.06. The summed E-state index contributed by atoms with van der Waals surface area (Å²) >= 11 is 0. The molecule has 0 spiro atoms. The lowest BCUT2D eigenvalue weighted by Crippen LogP contribution is -2.52. The Morgan fingerprint density at radius 2 is 1.18 bits per heavy atom. The van der Waals surface area contributed by atoms with E-state index in [2.05, 4.69) is 27.5 Å². The molecule has 25 heteroatoms. The molecule has 1 aliphatic heterocycles. The number of nitrogens with one attached hydrogen (secondary N) is 2. The fraction of sp³-hybridized carbons (Fsp3) is 0.595. The summed E-state index contributed by atoms with van der Waals surface area (Å²) in [6.07, 6.45) is -0.126. The number of carbonyl (C=O) groups excluding carboxylic acids is 2. The minimum Gasteiger partial charge on any atom is -0.857 e. The number of nitro benzene ring substituents is 4. The van der Waals surface area contributed by atoms with Gasteiger partial charge in [0.15, 0.2) is 0 Å². The first kappa shape index (κ1) is 60.5. The van der Waals surface area contributed by atoms with E-state index in [9.17, 15) is 60.3 Å². The van der Waals surface area contributed by atoms with E-state index in [4.69, 9.17) is 15.5 Å². The Hall–Kier alpha value is -5.83. The number of hydrazine groups is 1. The van der Waals surface area contributed by atoms with Crippen LogP contribution in [0.15, 0.2) is 41.5 Å². The monoisotopic (exact) mass is 888 g/mol. The summed E-state index contributed by atoms with van der Waals surface area (Å²) in [4.78, 5) is 74.4. The molecule has 0 saturated carbocycles. The van der Waals surface area contributed by atoms with Crippen LogP contribution in [0.2, 0.25) is 0 Å². The van der Waals surface area contributed by atoms with Crippen molar-refractivity contribution in [2.24, 2.45) is 22.8 Å². The number of hydrogen-bond donors (Lipinski definition) is 4. The molecular formula is C37H64N10O15. The van der Waals surface area contributed by atoms with Crippen molar-refractivity contribution in [3.63, 3.8) is 0 Å². The molecule has 1 aliphatic rings. The van der Waals surface area contributed by atoms with Gasteiger partial charge >= 0.3 is 0 Å². The second kappa shape index (κ2) is 28.7. The number of aliphatic hydroxyl groups excluding tert-OH is 1. The highest BCUT2D eigenvalue weighted by Crippen LogP contribution is 2.24. The van der Waals surface area contributed by atoms with Gasteiger partial charge in [0.2, 0.25) is 0 Å². The number of nitrogens with two attached hydrogens (primary N) is 1. The molecule has 2 aromatic rings. The van der Waals surface area contributed by atoms with Crippen molar-refractivity contribution in [3.8, 4) is 0 Å². The average Bonchev–Trinajstić information content (AvgIpc) is 3.92. The van der Waals surface area contributed by atoms with E-state index < -0.39 is 78.3 Å². The third-order valence-electron chi connectivity index (χ3n) is 7.46. The molecule has 62 heavy (non-hydrogen) atoms. The first-order valence-corrected chi connectivity index (χ1v) is 18.1. The van der Waals surface area contributed by atoms with Gasteiger partial charge in [0.1, 0.15) is 19.3 Å². The number of benzene rings is 2. The van der Waals surface area contributed by atoms with Crippen LogP contribution in [0.1, 0.15) is 77.1 Å². The quantitative estimate of drug-likeness (QED) is 0.0259. The number of nitrogens with zero attached hydrogens (tertiary/aromatic N) is 7. The van der Waals surface area contributed by atoms with Crippen molar-refractivity contribution in [1.82, 2.24) is 15.6 Å².